The summed E-state index contributed by atoms with van der Waals surface area (Å²) in [5, 5.41) is 0. The van der Waals surface area contributed by atoms with Crippen LogP contribution in [0.4, 0.5) is 0 Å². The van der Waals surface area contributed by atoms with Gasteiger partial charge in [-0.15, -0.1) is 0 Å². The Balaban J connectivity index is 2.06. The molecular formula is C17H14N2O2. The molecule has 4 heteroatoms. The predicted molar refractivity (Wildman–Crippen MR) is 82.2 cm³/mol. The van der Waals surface area contributed by atoms with Gasteiger partial charge < -0.3 is 9.72 Å². The summed E-state index contributed by atoms with van der Waals surface area (Å²) in [6, 6.07) is 11.3. The molecule has 2 heterocycles. The van der Waals surface area contributed by atoms with Crippen LogP contribution in [0.3, 0.4) is 0 Å². The van der Waals surface area contributed by atoms with Gasteiger partial charge in [-0.1, -0.05) is 12.1 Å². The third kappa shape index (κ3) is 2.56. The Hall–Kier alpha value is -2.88. The molecule has 1 aliphatic heterocycles. The van der Waals surface area contributed by atoms with Crippen LogP contribution >= 0.6 is 0 Å². The van der Waals surface area contributed by atoms with E-state index in [-0.39, 0.29) is 5.97 Å². The number of methoxy groups -OCH3 is 1. The van der Waals surface area contributed by atoms with Crippen LogP contribution in [0.2, 0.25) is 0 Å². The Morgan fingerprint density at radius 1 is 1.14 bits per heavy atom. The molecule has 1 aliphatic rings. The number of aromatic amines is 1. The van der Waals surface area contributed by atoms with E-state index in [2.05, 4.69) is 9.98 Å². The van der Waals surface area contributed by atoms with Crippen molar-refractivity contribution in [2.24, 2.45) is 4.99 Å². The van der Waals surface area contributed by atoms with Crippen LogP contribution in [0.15, 0.2) is 65.4 Å². The van der Waals surface area contributed by atoms with E-state index >= 15 is 0 Å². The molecule has 3 rings (SSSR count). The Morgan fingerprint density at radius 2 is 1.90 bits per heavy atom. The lowest BCUT2D eigenvalue weighted by Gasteiger charge is -2.09. The Labute approximate surface area is 122 Å². The Kier molecular flexibility index (Phi) is 3.51. The first-order chi connectivity index (χ1) is 10.3. The summed E-state index contributed by atoms with van der Waals surface area (Å²) in [4.78, 5) is 19.1. The molecule has 0 radical (unpaired) electrons. The quantitative estimate of drug-likeness (QED) is 0.876. The second-order valence-electron chi connectivity index (χ2n) is 4.55. The highest BCUT2D eigenvalue weighted by molar-refractivity contribution is 5.91. The van der Waals surface area contributed by atoms with Gasteiger partial charge in [0, 0.05) is 23.7 Å². The number of rotatable bonds is 3. The maximum absolute atomic E-state index is 11.5. The van der Waals surface area contributed by atoms with Crippen LogP contribution < -0.4 is 0 Å². The zero-order valence-corrected chi connectivity index (χ0v) is 11.5. The van der Waals surface area contributed by atoms with Gasteiger partial charge in [-0.2, -0.15) is 0 Å². The number of esters is 1. The van der Waals surface area contributed by atoms with Gasteiger partial charge in [0.15, 0.2) is 0 Å². The number of nitrogens with one attached hydrogen (secondary N) is 1. The van der Waals surface area contributed by atoms with Crippen molar-refractivity contribution in [3.05, 3.63) is 77.3 Å². The molecule has 1 aromatic carbocycles. The summed E-state index contributed by atoms with van der Waals surface area (Å²) in [7, 11) is 1.38. The highest BCUT2D eigenvalue weighted by Crippen LogP contribution is 2.28. The molecule has 0 amide bonds. The fourth-order valence-corrected chi connectivity index (χ4v) is 2.27. The number of ether oxygens (including phenoxy) is 1. The van der Waals surface area contributed by atoms with E-state index in [0.717, 1.165) is 22.5 Å². The van der Waals surface area contributed by atoms with Crippen molar-refractivity contribution in [2.75, 3.05) is 7.11 Å². The molecule has 0 aliphatic carbocycles. The number of allylic oxidation sites excluding steroid dienone is 2. The standard InChI is InChI=1S/C17H14N2O2/c1-21-17(20)13-8-6-12(7-9-13)16(14-4-2-10-18-14)15-5-3-11-19-15/h2-11,18H,1H3/b16-15-. The molecule has 21 heavy (non-hydrogen) atoms. The van der Waals surface area contributed by atoms with E-state index in [4.69, 9.17) is 4.74 Å². The van der Waals surface area contributed by atoms with Crippen LogP contribution in [0.5, 0.6) is 0 Å². The monoisotopic (exact) mass is 278 g/mol. The SMILES string of the molecule is COC(=O)c1ccc(/C(=C2\C=CC=N2)c2ccc[nH]2)cc1. The van der Waals surface area contributed by atoms with Gasteiger partial charge in [-0.3, -0.25) is 4.99 Å². The highest BCUT2D eigenvalue weighted by atomic mass is 16.5. The van der Waals surface area contributed by atoms with Crippen molar-refractivity contribution in [3.8, 4) is 0 Å². The van der Waals surface area contributed by atoms with Gasteiger partial charge in [-0.25, -0.2) is 4.79 Å². The number of H-pyrrole nitrogens is 1. The minimum atomic E-state index is -0.339. The fourth-order valence-electron chi connectivity index (χ4n) is 2.27. The lowest BCUT2D eigenvalue weighted by molar-refractivity contribution is 0.0601. The lowest BCUT2D eigenvalue weighted by Crippen LogP contribution is -2.01. The molecule has 1 N–H and O–H groups in total. The number of aromatic nitrogens is 1. The molecule has 0 bridgehead atoms. The number of hydrogen-bond acceptors (Lipinski definition) is 3. The number of aliphatic imine (C=N–C) groups is 1. The molecule has 0 unspecified atom stereocenters. The van der Waals surface area contributed by atoms with Crippen molar-refractivity contribution >= 4 is 17.8 Å². The van der Waals surface area contributed by atoms with Gasteiger partial charge in [-0.05, 0) is 42.0 Å². The second kappa shape index (κ2) is 5.63. The summed E-state index contributed by atoms with van der Waals surface area (Å²) in [6.45, 7) is 0. The first kappa shape index (κ1) is 13.1. The van der Waals surface area contributed by atoms with E-state index in [1.807, 2.05) is 42.6 Å². The lowest BCUT2D eigenvalue weighted by atomic mass is 9.99. The van der Waals surface area contributed by atoms with Crippen molar-refractivity contribution in [1.82, 2.24) is 4.98 Å². The first-order valence-corrected chi connectivity index (χ1v) is 6.57. The average Bonchev–Trinajstić information content (AvgIpc) is 3.21. The number of benzene rings is 1. The maximum Gasteiger partial charge on any atom is 0.337 e. The molecule has 0 fully saturated rings. The normalized spacial score (nSPS) is 15.3. The van der Waals surface area contributed by atoms with Crippen molar-refractivity contribution in [3.63, 3.8) is 0 Å². The van der Waals surface area contributed by atoms with E-state index in [0.29, 0.717) is 5.56 Å². The van der Waals surface area contributed by atoms with Gasteiger partial charge in [0.25, 0.3) is 0 Å². The number of nitrogens with zero attached hydrogens (tertiary/aromatic N) is 1. The van der Waals surface area contributed by atoms with Crippen LogP contribution in [0.25, 0.3) is 5.57 Å². The largest absolute Gasteiger partial charge is 0.465 e. The summed E-state index contributed by atoms with van der Waals surface area (Å²) >= 11 is 0. The van der Waals surface area contributed by atoms with Gasteiger partial charge in [0.05, 0.1) is 18.4 Å². The first-order valence-electron chi connectivity index (χ1n) is 6.57. The molecule has 2 aromatic rings. The van der Waals surface area contributed by atoms with Gasteiger partial charge in [0.2, 0.25) is 0 Å². The highest BCUT2D eigenvalue weighted by Gasteiger charge is 2.13. The number of hydrogen-bond donors (Lipinski definition) is 1. The summed E-state index contributed by atoms with van der Waals surface area (Å²) in [6.07, 6.45) is 7.51. The third-order valence-corrected chi connectivity index (χ3v) is 3.27. The zero-order valence-electron chi connectivity index (χ0n) is 11.5. The van der Waals surface area contributed by atoms with Crippen LogP contribution in [-0.2, 0) is 4.74 Å². The second-order valence-corrected chi connectivity index (χ2v) is 4.55. The minimum absolute atomic E-state index is 0.339. The molecular weight excluding hydrogens is 264 g/mol. The molecule has 0 spiro atoms. The smallest absolute Gasteiger partial charge is 0.337 e. The molecule has 0 saturated carbocycles. The number of carbonyl (C=O) groups is 1. The third-order valence-electron chi connectivity index (χ3n) is 3.27. The fraction of sp³-hybridized carbons (Fsp3) is 0.0588. The summed E-state index contributed by atoms with van der Waals surface area (Å²) in [5.74, 6) is -0.339. The van der Waals surface area contributed by atoms with Gasteiger partial charge in [0.1, 0.15) is 0 Å². The molecule has 4 nitrogen and oxygen atoms in total. The van der Waals surface area contributed by atoms with Crippen molar-refractivity contribution in [1.29, 1.82) is 0 Å². The Morgan fingerprint density at radius 3 is 2.48 bits per heavy atom. The summed E-state index contributed by atoms with van der Waals surface area (Å²) in [5.41, 5.74) is 4.40. The minimum Gasteiger partial charge on any atom is -0.465 e. The van der Waals surface area contributed by atoms with Crippen LogP contribution in [0, 0.1) is 0 Å². The predicted octanol–water partition coefficient (Wildman–Crippen LogP) is 3.20. The molecule has 0 atom stereocenters. The van der Waals surface area contributed by atoms with E-state index in [1.165, 1.54) is 7.11 Å². The van der Waals surface area contributed by atoms with Crippen LogP contribution in [-0.4, -0.2) is 24.3 Å². The van der Waals surface area contributed by atoms with Crippen LogP contribution in [0.1, 0.15) is 21.6 Å². The van der Waals surface area contributed by atoms with E-state index in [1.54, 1.807) is 18.3 Å². The molecule has 0 saturated heterocycles. The molecule has 1 aromatic heterocycles. The number of carbonyl (C=O) groups excluding carboxylic acids is 1. The van der Waals surface area contributed by atoms with E-state index in [9.17, 15) is 4.79 Å². The van der Waals surface area contributed by atoms with E-state index < -0.39 is 0 Å². The van der Waals surface area contributed by atoms with Crippen molar-refractivity contribution in [2.45, 2.75) is 0 Å². The topological polar surface area (TPSA) is 54.4 Å². The van der Waals surface area contributed by atoms with Crippen molar-refractivity contribution < 1.29 is 9.53 Å². The zero-order chi connectivity index (χ0) is 14.7. The summed E-state index contributed by atoms with van der Waals surface area (Å²) < 4.78 is 4.72. The average molecular weight is 278 g/mol. The van der Waals surface area contributed by atoms with Gasteiger partial charge >= 0.3 is 5.97 Å². The molecule has 104 valence electrons. The Bertz CT molecular complexity index is 722. The maximum atomic E-state index is 11.5.